The fraction of sp³-hybridized carbons (Fsp3) is 0.600. The van der Waals surface area contributed by atoms with Crippen LogP contribution in [0.1, 0.15) is 56.6 Å². The van der Waals surface area contributed by atoms with E-state index in [0.29, 0.717) is 6.04 Å². The predicted molar refractivity (Wildman–Crippen MR) is 99.1 cm³/mol. The Hall–Kier alpha value is -1.88. The van der Waals surface area contributed by atoms with Crippen LogP contribution in [0.3, 0.4) is 0 Å². The average Bonchev–Trinajstić information content (AvgIpc) is 3.06. The fourth-order valence-electron chi connectivity index (χ4n) is 4.48. The Balaban J connectivity index is 1.51. The summed E-state index contributed by atoms with van der Waals surface area (Å²) < 4.78 is 2.33. The van der Waals surface area contributed by atoms with E-state index in [1.807, 2.05) is 6.33 Å². The van der Waals surface area contributed by atoms with E-state index in [4.69, 9.17) is 5.73 Å². The van der Waals surface area contributed by atoms with Crippen molar-refractivity contribution in [1.82, 2.24) is 14.5 Å². The van der Waals surface area contributed by atoms with Crippen LogP contribution in [0.15, 0.2) is 24.5 Å². The van der Waals surface area contributed by atoms with E-state index in [1.165, 1.54) is 43.4 Å². The first kappa shape index (κ1) is 16.6. The Labute approximate surface area is 149 Å². The quantitative estimate of drug-likeness (QED) is 0.929. The molecule has 0 radical (unpaired) electrons. The number of carbonyl (C=O) groups is 1. The number of aromatic nitrogens is 2. The molecular weight excluding hydrogens is 312 g/mol. The van der Waals surface area contributed by atoms with Crippen molar-refractivity contribution in [3.63, 3.8) is 0 Å². The Kier molecular flexibility index (Phi) is 4.75. The van der Waals surface area contributed by atoms with Crippen LogP contribution < -0.4 is 5.73 Å². The number of likely N-dealkylation sites (tertiary alicyclic amines) is 1. The first-order valence-corrected chi connectivity index (χ1v) is 9.68. The summed E-state index contributed by atoms with van der Waals surface area (Å²) in [6.45, 7) is 3.47. The zero-order valence-corrected chi connectivity index (χ0v) is 14.9. The van der Waals surface area contributed by atoms with E-state index in [9.17, 15) is 4.79 Å². The van der Waals surface area contributed by atoms with E-state index >= 15 is 0 Å². The number of rotatable bonds is 4. The normalized spacial score (nSPS) is 25.3. The highest BCUT2D eigenvalue weighted by atomic mass is 16.1. The number of nitrogens with zero attached hydrogens (tertiary/aromatic N) is 3. The summed E-state index contributed by atoms with van der Waals surface area (Å²) in [4.78, 5) is 18.5. The van der Waals surface area contributed by atoms with E-state index < -0.39 is 0 Å². The molecule has 1 aromatic heterocycles. The molecule has 4 rings (SSSR count). The molecule has 0 bridgehead atoms. The predicted octanol–water partition coefficient (Wildman–Crippen LogP) is 3.24. The van der Waals surface area contributed by atoms with Crippen LogP contribution in [-0.4, -0.2) is 33.4 Å². The van der Waals surface area contributed by atoms with Crippen LogP contribution >= 0.6 is 0 Å². The van der Waals surface area contributed by atoms with Crippen molar-refractivity contribution in [3.8, 4) is 0 Å². The van der Waals surface area contributed by atoms with E-state index in [-0.39, 0.29) is 11.8 Å². The molecule has 1 aliphatic carbocycles. The summed E-state index contributed by atoms with van der Waals surface area (Å²) in [5, 5.41) is 0. The highest BCUT2D eigenvalue weighted by Gasteiger charge is 2.26. The molecule has 1 saturated heterocycles. The summed E-state index contributed by atoms with van der Waals surface area (Å²) >= 11 is 0. The number of primary amides is 1. The van der Waals surface area contributed by atoms with Crippen LogP contribution in [-0.2, 0) is 11.3 Å². The number of nitrogens with two attached hydrogens (primary N) is 1. The lowest BCUT2D eigenvalue weighted by Gasteiger charge is -2.28. The summed E-state index contributed by atoms with van der Waals surface area (Å²) in [7, 11) is 0. The molecule has 1 saturated carbocycles. The molecule has 25 heavy (non-hydrogen) atoms. The highest BCUT2D eigenvalue weighted by molar-refractivity contribution is 5.77. The SMILES string of the molecule is NC(=O)C1CCC(n2cnc3ccc(CN4CCCCC4)cc32)CC1. The largest absolute Gasteiger partial charge is 0.369 e. The third-order valence-electron chi connectivity index (χ3n) is 5.99. The molecule has 2 aromatic rings. The maximum atomic E-state index is 11.4. The van der Waals surface area contributed by atoms with Crippen LogP contribution in [0.25, 0.3) is 11.0 Å². The van der Waals surface area contributed by atoms with Gasteiger partial charge in [0, 0.05) is 18.5 Å². The third-order valence-corrected chi connectivity index (χ3v) is 5.99. The summed E-state index contributed by atoms with van der Waals surface area (Å²) in [6, 6.07) is 7.13. The van der Waals surface area contributed by atoms with Gasteiger partial charge in [0.2, 0.25) is 5.91 Å². The number of fused-ring (bicyclic) bond motifs is 1. The topological polar surface area (TPSA) is 64.2 Å². The first-order chi connectivity index (χ1) is 12.2. The van der Waals surface area contributed by atoms with Crippen LogP contribution in [0.5, 0.6) is 0 Å². The van der Waals surface area contributed by atoms with Gasteiger partial charge in [0.15, 0.2) is 0 Å². The van der Waals surface area contributed by atoms with Gasteiger partial charge in [-0.15, -0.1) is 0 Å². The molecular formula is C20H28N4O. The minimum absolute atomic E-state index is 0.0562. The van der Waals surface area contributed by atoms with Gasteiger partial charge in [0.25, 0.3) is 0 Å². The van der Waals surface area contributed by atoms with Crippen LogP contribution in [0.4, 0.5) is 0 Å². The molecule has 0 spiro atoms. The van der Waals surface area contributed by atoms with Crippen LogP contribution in [0, 0.1) is 5.92 Å². The zero-order valence-electron chi connectivity index (χ0n) is 14.9. The van der Waals surface area contributed by atoms with E-state index in [1.54, 1.807) is 0 Å². The van der Waals surface area contributed by atoms with Gasteiger partial charge in [-0.3, -0.25) is 9.69 Å². The Morgan fingerprint density at radius 2 is 1.88 bits per heavy atom. The summed E-state index contributed by atoms with van der Waals surface area (Å²) in [6.07, 6.45) is 9.80. The van der Waals surface area contributed by atoms with Gasteiger partial charge in [0.05, 0.1) is 17.4 Å². The van der Waals surface area contributed by atoms with Crippen molar-refractivity contribution in [3.05, 3.63) is 30.1 Å². The molecule has 1 aromatic carbocycles. The summed E-state index contributed by atoms with van der Waals surface area (Å²) in [5.74, 6) is -0.0848. The van der Waals surface area contributed by atoms with Gasteiger partial charge in [-0.05, 0) is 69.3 Å². The molecule has 134 valence electrons. The molecule has 2 heterocycles. The van der Waals surface area contributed by atoms with Crippen molar-refractivity contribution in [2.75, 3.05) is 13.1 Å². The molecule has 1 aliphatic heterocycles. The number of amides is 1. The van der Waals surface area contributed by atoms with Crippen LogP contribution in [0.2, 0.25) is 0 Å². The average molecular weight is 340 g/mol. The minimum Gasteiger partial charge on any atom is -0.369 e. The van der Waals surface area contributed by atoms with Gasteiger partial charge in [-0.1, -0.05) is 12.5 Å². The Bertz CT molecular complexity index is 739. The molecule has 2 aliphatic rings. The summed E-state index contributed by atoms with van der Waals surface area (Å²) in [5.41, 5.74) is 9.15. The van der Waals surface area contributed by atoms with Gasteiger partial charge in [-0.25, -0.2) is 4.98 Å². The molecule has 0 atom stereocenters. The van der Waals surface area contributed by atoms with Crippen molar-refractivity contribution in [1.29, 1.82) is 0 Å². The lowest BCUT2D eigenvalue weighted by atomic mass is 9.85. The van der Waals surface area contributed by atoms with Crippen molar-refractivity contribution in [2.24, 2.45) is 11.7 Å². The Morgan fingerprint density at radius 3 is 2.60 bits per heavy atom. The monoisotopic (exact) mass is 340 g/mol. The number of hydrogen-bond donors (Lipinski definition) is 1. The lowest BCUT2D eigenvalue weighted by Crippen LogP contribution is -2.29. The zero-order chi connectivity index (χ0) is 17.2. The van der Waals surface area contributed by atoms with Gasteiger partial charge in [-0.2, -0.15) is 0 Å². The van der Waals surface area contributed by atoms with Crippen molar-refractivity contribution >= 4 is 16.9 Å². The highest BCUT2D eigenvalue weighted by Crippen LogP contribution is 2.34. The van der Waals surface area contributed by atoms with E-state index in [2.05, 4.69) is 32.7 Å². The van der Waals surface area contributed by atoms with Crippen molar-refractivity contribution in [2.45, 2.75) is 57.5 Å². The first-order valence-electron chi connectivity index (χ1n) is 9.68. The maximum absolute atomic E-state index is 11.4. The number of imidazole rings is 1. The standard InChI is InChI=1S/C20H28N4O/c21-20(25)16-5-7-17(8-6-16)24-14-22-18-9-4-15(12-19(18)24)13-23-10-2-1-3-11-23/h4,9,12,14,16-17H,1-3,5-8,10-11,13H2,(H2,21,25). The van der Waals surface area contributed by atoms with E-state index in [0.717, 1.165) is 37.7 Å². The molecule has 1 amide bonds. The lowest BCUT2D eigenvalue weighted by molar-refractivity contribution is -0.122. The maximum Gasteiger partial charge on any atom is 0.220 e. The Morgan fingerprint density at radius 1 is 1.12 bits per heavy atom. The number of hydrogen-bond acceptors (Lipinski definition) is 3. The molecule has 2 N–H and O–H groups in total. The molecule has 5 nitrogen and oxygen atoms in total. The van der Waals surface area contributed by atoms with Gasteiger partial charge >= 0.3 is 0 Å². The smallest absolute Gasteiger partial charge is 0.220 e. The second-order valence-corrected chi connectivity index (χ2v) is 7.72. The number of benzene rings is 1. The molecule has 0 unspecified atom stereocenters. The number of piperidine rings is 1. The second kappa shape index (κ2) is 7.16. The van der Waals surface area contributed by atoms with Gasteiger partial charge < -0.3 is 10.3 Å². The number of carbonyl (C=O) groups excluding carboxylic acids is 1. The van der Waals surface area contributed by atoms with Crippen molar-refractivity contribution < 1.29 is 4.79 Å². The molecule has 5 heteroatoms. The second-order valence-electron chi connectivity index (χ2n) is 7.72. The van der Waals surface area contributed by atoms with Gasteiger partial charge in [0.1, 0.15) is 0 Å². The fourth-order valence-corrected chi connectivity index (χ4v) is 4.48. The third kappa shape index (κ3) is 3.56. The molecule has 2 fully saturated rings. The minimum atomic E-state index is -0.141.